The lowest BCUT2D eigenvalue weighted by molar-refractivity contribution is -0.244. The zero-order valence-corrected chi connectivity index (χ0v) is 31.6. The van der Waals surface area contributed by atoms with E-state index in [1.165, 1.54) is 64.2 Å². The van der Waals surface area contributed by atoms with Gasteiger partial charge in [-0.3, -0.25) is 14.5 Å². The molecule has 1 N–H and O–H groups in total. The smallest absolute Gasteiger partial charge is 0.323 e. The summed E-state index contributed by atoms with van der Waals surface area (Å²) in [6, 6.07) is 0. The monoisotopic (exact) mass is 688 g/mol. The molecule has 0 bridgehead atoms. The SMILES string of the molecule is CN(CC1CCC2C(CC3C4CCC5C(C)(C)[C@@H](OC6CN(C(=O)CC7CC7)CCO6)CCC56CC46CC[C@]23C)O1)C(C)(C)C(=O)O.S. The van der Waals surface area contributed by atoms with Gasteiger partial charge in [-0.2, -0.15) is 13.5 Å². The van der Waals surface area contributed by atoms with Gasteiger partial charge in [0.05, 0.1) is 31.5 Å². The highest BCUT2D eigenvalue weighted by Gasteiger charge is 2.80. The first-order chi connectivity index (χ1) is 22.2. The number of hydrogen-bond acceptors (Lipinski definition) is 6. The van der Waals surface area contributed by atoms with E-state index in [9.17, 15) is 14.7 Å². The molecule has 0 aromatic rings. The molecule has 2 saturated heterocycles. The molecule has 8 nitrogen and oxygen atoms in total. The molecule has 9 unspecified atom stereocenters. The molecule has 8 rings (SSSR count). The third kappa shape index (κ3) is 5.35. The third-order valence-electron chi connectivity index (χ3n) is 16.4. The standard InChI is InChI=1S/C39H62N2O6.H2S/c1-35(2)30-12-11-26-28-20-29-27(10-9-25(46-29)21-40(6)36(3,4)34(43)44)37(28,5)15-16-38(26)23-39(30,38)14-13-31(35)47-33-22-41(17-18-45-33)32(42)19-24-7-8-24;/h24-31,33H,7-23H2,1-6H3,(H,43,44);1H2/t25?,26?,27?,28?,29?,30?,31-,33?,37+,38?,39?;/m0./s1. The van der Waals surface area contributed by atoms with Gasteiger partial charge >= 0.3 is 5.97 Å². The molecule has 2 spiro atoms. The van der Waals surface area contributed by atoms with Crippen molar-refractivity contribution in [2.24, 2.45) is 51.2 Å². The van der Waals surface area contributed by atoms with Crippen LogP contribution in [0.3, 0.4) is 0 Å². The molecular formula is C39H64N2O6S. The lowest BCUT2D eigenvalue weighted by Crippen LogP contribution is -2.56. The van der Waals surface area contributed by atoms with E-state index in [4.69, 9.17) is 14.2 Å². The zero-order valence-electron chi connectivity index (χ0n) is 30.6. The quantitative estimate of drug-likeness (QED) is 0.313. The molecule has 6 saturated carbocycles. The minimum absolute atomic E-state index is 0. The molecule has 2 aliphatic heterocycles. The lowest BCUT2D eigenvalue weighted by atomic mass is 9.46. The van der Waals surface area contributed by atoms with Crippen LogP contribution in [0.4, 0.5) is 0 Å². The van der Waals surface area contributed by atoms with Crippen LogP contribution >= 0.6 is 13.5 Å². The normalized spacial score (nSPS) is 45.9. The average Bonchev–Trinajstić information content (AvgIpc) is 3.94. The Balaban J connectivity index is 0.00000364. The first-order valence-corrected chi connectivity index (χ1v) is 19.4. The molecule has 6 aliphatic carbocycles. The lowest BCUT2D eigenvalue weighted by Gasteiger charge is -2.60. The molecule has 8 fully saturated rings. The van der Waals surface area contributed by atoms with Crippen molar-refractivity contribution in [1.29, 1.82) is 0 Å². The number of carboxylic acid groups (broad SMARTS) is 1. The first-order valence-electron chi connectivity index (χ1n) is 19.4. The maximum absolute atomic E-state index is 12.9. The number of rotatable bonds is 8. The Morgan fingerprint density at radius 2 is 1.71 bits per heavy atom. The van der Waals surface area contributed by atoms with E-state index in [0.717, 1.165) is 24.7 Å². The zero-order chi connectivity index (χ0) is 33.1. The number of carbonyl (C=O) groups excluding carboxylic acids is 1. The van der Waals surface area contributed by atoms with E-state index in [0.29, 0.717) is 72.8 Å². The largest absolute Gasteiger partial charge is 0.480 e. The van der Waals surface area contributed by atoms with Gasteiger partial charge in [0, 0.05) is 19.5 Å². The highest BCUT2D eigenvalue weighted by Crippen LogP contribution is 2.87. The van der Waals surface area contributed by atoms with E-state index >= 15 is 0 Å². The van der Waals surface area contributed by atoms with Crippen molar-refractivity contribution in [2.45, 2.75) is 148 Å². The molecule has 8 aliphatic rings. The summed E-state index contributed by atoms with van der Waals surface area (Å²) in [6.45, 7) is 13.7. The molecule has 48 heavy (non-hydrogen) atoms. The Bertz CT molecular complexity index is 1270. The van der Waals surface area contributed by atoms with Crippen molar-refractivity contribution >= 4 is 25.4 Å². The van der Waals surface area contributed by atoms with Gasteiger partial charge in [-0.25, -0.2) is 0 Å². The minimum Gasteiger partial charge on any atom is -0.480 e. The van der Waals surface area contributed by atoms with Crippen molar-refractivity contribution in [3.63, 3.8) is 0 Å². The van der Waals surface area contributed by atoms with Crippen molar-refractivity contribution in [3.05, 3.63) is 0 Å². The van der Waals surface area contributed by atoms with Gasteiger partial charge in [-0.05, 0) is 149 Å². The molecule has 0 radical (unpaired) electrons. The molecule has 0 aromatic carbocycles. The number of aliphatic carboxylic acids is 1. The predicted molar refractivity (Wildman–Crippen MR) is 189 cm³/mol. The Labute approximate surface area is 296 Å². The number of nitrogens with zero attached hydrogens (tertiary/aromatic N) is 2. The molecule has 0 aromatic heterocycles. The summed E-state index contributed by atoms with van der Waals surface area (Å²) in [5, 5.41) is 9.75. The van der Waals surface area contributed by atoms with Crippen LogP contribution in [0.2, 0.25) is 0 Å². The number of fused-ring (bicyclic) bond motifs is 4. The number of likely N-dealkylation sites (N-methyl/N-ethyl adjacent to an activating group) is 1. The van der Waals surface area contributed by atoms with Gasteiger partial charge in [0.2, 0.25) is 5.91 Å². The van der Waals surface area contributed by atoms with Gasteiger partial charge in [-0.15, -0.1) is 0 Å². The fourth-order valence-corrected chi connectivity index (χ4v) is 13.2. The van der Waals surface area contributed by atoms with Gasteiger partial charge in [0.15, 0.2) is 6.29 Å². The van der Waals surface area contributed by atoms with Crippen LogP contribution in [0.5, 0.6) is 0 Å². The fraction of sp³-hybridized carbons (Fsp3) is 0.949. The number of carbonyl (C=O) groups is 2. The van der Waals surface area contributed by atoms with Gasteiger partial charge in [-0.1, -0.05) is 20.8 Å². The Hall–Kier alpha value is -0.870. The topological polar surface area (TPSA) is 88.5 Å². The Morgan fingerprint density at radius 3 is 2.44 bits per heavy atom. The minimum atomic E-state index is -0.892. The van der Waals surface area contributed by atoms with E-state index in [1.807, 2.05) is 16.8 Å². The predicted octanol–water partition coefficient (Wildman–Crippen LogP) is 6.47. The van der Waals surface area contributed by atoms with E-state index in [2.05, 4.69) is 20.8 Å². The fourth-order valence-electron chi connectivity index (χ4n) is 13.2. The van der Waals surface area contributed by atoms with Crippen molar-refractivity contribution < 1.29 is 28.9 Å². The Kier molecular flexibility index (Phi) is 8.95. The first kappa shape index (κ1) is 35.5. The molecule has 272 valence electrons. The van der Waals surface area contributed by atoms with Crippen molar-refractivity contribution in [2.75, 3.05) is 33.3 Å². The second-order valence-corrected chi connectivity index (χ2v) is 19.1. The highest BCUT2D eigenvalue weighted by molar-refractivity contribution is 7.59. The van der Waals surface area contributed by atoms with Crippen LogP contribution in [-0.4, -0.2) is 90.2 Å². The van der Waals surface area contributed by atoms with Gasteiger partial charge in [0.1, 0.15) is 5.54 Å². The van der Waals surface area contributed by atoms with E-state index in [1.54, 1.807) is 13.8 Å². The van der Waals surface area contributed by atoms with Crippen LogP contribution in [0.25, 0.3) is 0 Å². The average molecular weight is 689 g/mol. The second-order valence-electron chi connectivity index (χ2n) is 19.1. The van der Waals surface area contributed by atoms with Crippen LogP contribution in [-0.2, 0) is 23.8 Å². The molecular weight excluding hydrogens is 625 g/mol. The third-order valence-corrected chi connectivity index (χ3v) is 16.4. The summed E-state index contributed by atoms with van der Waals surface area (Å²) in [5.41, 5.74) is 0.520. The summed E-state index contributed by atoms with van der Waals surface area (Å²) in [6.07, 6.45) is 16.0. The van der Waals surface area contributed by atoms with Gasteiger partial charge < -0.3 is 24.2 Å². The Morgan fingerprint density at radius 1 is 0.958 bits per heavy atom. The summed E-state index contributed by atoms with van der Waals surface area (Å²) in [4.78, 5) is 28.7. The van der Waals surface area contributed by atoms with Crippen LogP contribution < -0.4 is 0 Å². The molecule has 2 heterocycles. The van der Waals surface area contributed by atoms with Crippen LogP contribution in [0.1, 0.15) is 118 Å². The number of ether oxygens (including phenoxy) is 3. The molecule has 9 heteroatoms. The second kappa shape index (κ2) is 12.1. The number of amides is 1. The maximum atomic E-state index is 12.9. The van der Waals surface area contributed by atoms with Crippen LogP contribution in [0, 0.1) is 51.2 Å². The molecule has 1 amide bonds. The van der Waals surface area contributed by atoms with E-state index < -0.39 is 11.5 Å². The maximum Gasteiger partial charge on any atom is 0.323 e. The summed E-state index contributed by atoms with van der Waals surface area (Å²) >= 11 is 0. The van der Waals surface area contributed by atoms with Crippen molar-refractivity contribution in [1.82, 2.24) is 9.80 Å². The molecule has 11 atom stereocenters. The van der Waals surface area contributed by atoms with Crippen LogP contribution in [0.15, 0.2) is 0 Å². The van der Waals surface area contributed by atoms with Crippen molar-refractivity contribution in [3.8, 4) is 0 Å². The summed E-state index contributed by atoms with van der Waals surface area (Å²) < 4.78 is 19.9. The summed E-state index contributed by atoms with van der Waals surface area (Å²) in [5.74, 6) is 2.99. The highest BCUT2D eigenvalue weighted by atomic mass is 32.1. The summed E-state index contributed by atoms with van der Waals surface area (Å²) in [7, 11) is 1.93. The number of morpholine rings is 1. The number of hydrogen-bond donors (Lipinski definition) is 1. The van der Waals surface area contributed by atoms with Gasteiger partial charge in [0.25, 0.3) is 0 Å². The van der Waals surface area contributed by atoms with E-state index in [-0.39, 0.29) is 43.3 Å². The number of carboxylic acids is 1.